The van der Waals surface area contributed by atoms with Gasteiger partial charge in [0.1, 0.15) is 5.82 Å². The summed E-state index contributed by atoms with van der Waals surface area (Å²) in [6.45, 7) is 3.83. The fraction of sp³-hybridized carbons (Fsp3) is 0.267. The summed E-state index contributed by atoms with van der Waals surface area (Å²) in [5.74, 6) is -0.377. The smallest absolute Gasteiger partial charge is 0.269 e. The number of halogens is 1. The highest BCUT2D eigenvalue weighted by molar-refractivity contribution is 5.35. The molecule has 0 bridgehead atoms. The van der Waals surface area contributed by atoms with Gasteiger partial charge < -0.3 is 5.32 Å². The van der Waals surface area contributed by atoms with Gasteiger partial charge >= 0.3 is 0 Å². The van der Waals surface area contributed by atoms with E-state index < -0.39 is 4.92 Å². The van der Waals surface area contributed by atoms with Crippen LogP contribution in [0.5, 0.6) is 0 Å². The summed E-state index contributed by atoms with van der Waals surface area (Å²) in [4.78, 5) is 14.4. The van der Waals surface area contributed by atoms with Gasteiger partial charge in [-0.1, -0.05) is 12.1 Å². The normalized spacial score (nSPS) is 13.7. The molecule has 0 aliphatic rings. The van der Waals surface area contributed by atoms with Crippen molar-refractivity contribution < 1.29 is 9.31 Å². The second kappa shape index (κ2) is 6.41. The second-order valence-electron chi connectivity index (χ2n) is 4.86. The van der Waals surface area contributed by atoms with Crippen LogP contribution in [-0.4, -0.2) is 9.91 Å². The molecule has 0 saturated heterocycles. The van der Waals surface area contributed by atoms with Crippen molar-refractivity contribution in [2.45, 2.75) is 25.9 Å². The van der Waals surface area contributed by atoms with Crippen LogP contribution < -0.4 is 5.32 Å². The topological polar surface area (TPSA) is 68.1 Å². The van der Waals surface area contributed by atoms with E-state index in [-0.39, 0.29) is 23.6 Å². The fourth-order valence-electron chi connectivity index (χ4n) is 2.11. The van der Waals surface area contributed by atoms with Crippen LogP contribution in [0.4, 0.5) is 10.1 Å². The third kappa shape index (κ3) is 3.82. The Bertz CT molecular complexity index is 631. The number of aromatic nitrogens is 1. The van der Waals surface area contributed by atoms with Crippen molar-refractivity contribution in [1.29, 1.82) is 0 Å². The molecule has 0 radical (unpaired) electrons. The van der Waals surface area contributed by atoms with Gasteiger partial charge in [-0.15, -0.1) is 0 Å². The maximum atomic E-state index is 12.9. The minimum absolute atomic E-state index is 0.0636. The molecule has 2 rings (SSSR count). The van der Waals surface area contributed by atoms with E-state index in [0.717, 1.165) is 5.56 Å². The van der Waals surface area contributed by atoms with Crippen LogP contribution in [0.2, 0.25) is 0 Å². The summed E-state index contributed by atoms with van der Waals surface area (Å²) in [6, 6.07) is 9.28. The fourth-order valence-corrected chi connectivity index (χ4v) is 2.11. The number of nitrogens with one attached hydrogen (secondary N) is 1. The minimum atomic E-state index is -0.415. The van der Waals surface area contributed by atoms with Gasteiger partial charge in [0, 0.05) is 24.2 Å². The highest BCUT2D eigenvalue weighted by Crippen LogP contribution is 2.21. The Labute approximate surface area is 122 Å². The van der Waals surface area contributed by atoms with Gasteiger partial charge in [0.05, 0.1) is 16.8 Å². The summed E-state index contributed by atoms with van der Waals surface area (Å²) in [7, 11) is 0. The Morgan fingerprint density at radius 3 is 2.62 bits per heavy atom. The van der Waals surface area contributed by atoms with Crippen LogP contribution in [0, 0.1) is 15.9 Å². The number of nitrogens with zero attached hydrogens (tertiary/aromatic N) is 2. The molecule has 110 valence electrons. The molecule has 0 aliphatic carbocycles. The SMILES string of the molecule is CC(NC(C)c1ccc(F)cn1)c1cccc([N+](=O)[O-])c1. The van der Waals surface area contributed by atoms with Crippen molar-refractivity contribution >= 4 is 5.69 Å². The minimum Gasteiger partial charge on any atom is -0.302 e. The predicted molar refractivity (Wildman–Crippen MR) is 77.3 cm³/mol. The molecule has 2 atom stereocenters. The van der Waals surface area contributed by atoms with Gasteiger partial charge in [0.15, 0.2) is 0 Å². The van der Waals surface area contributed by atoms with E-state index in [0.29, 0.717) is 5.69 Å². The summed E-state index contributed by atoms with van der Waals surface area (Å²) >= 11 is 0. The van der Waals surface area contributed by atoms with Crippen molar-refractivity contribution in [3.8, 4) is 0 Å². The summed E-state index contributed by atoms with van der Waals surface area (Å²) < 4.78 is 12.9. The Morgan fingerprint density at radius 1 is 1.24 bits per heavy atom. The van der Waals surface area contributed by atoms with Gasteiger partial charge in [-0.05, 0) is 31.5 Å². The van der Waals surface area contributed by atoms with Crippen LogP contribution in [0.15, 0.2) is 42.6 Å². The molecular formula is C15H16FN3O2. The molecule has 0 fully saturated rings. The molecule has 6 heteroatoms. The van der Waals surface area contributed by atoms with E-state index in [9.17, 15) is 14.5 Å². The zero-order valence-corrected chi connectivity index (χ0v) is 11.8. The average molecular weight is 289 g/mol. The first-order valence-electron chi connectivity index (χ1n) is 6.59. The summed E-state index contributed by atoms with van der Waals surface area (Å²) in [5, 5.41) is 14.1. The van der Waals surface area contributed by atoms with E-state index in [1.54, 1.807) is 18.2 Å². The van der Waals surface area contributed by atoms with Gasteiger partial charge in [0.2, 0.25) is 0 Å². The number of rotatable bonds is 5. The molecule has 1 aromatic heterocycles. The number of hydrogen-bond acceptors (Lipinski definition) is 4. The maximum Gasteiger partial charge on any atom is 0.269 e. The van der Waals surface area contributed by atoms with E-state index in [4.69, 9.17) is 0 Å². The first kappa shape index (κ1) is 15.1. The molecule has 1 aromatic carbocycles. The Morgan fingerprint density at radius 2 is 2.00 bits per heavy atom. The third-order valence-corrected chi connectivity index (χ3v) is 3.27. The number of nitro groups is 1. The lowest BCUT2D eigenvalue weighted by Gasteiger charge is -2.20. The molecular weight excluding hydrogens is 273 g/mol. The Kier molecular flexibility index (Phi) is 4.59. The molecule has 1 N–H and O–H groups in total. The number of pyridine rings is 1. The van der Waals surface area contributed by atoms with Crippen LogP contribution in [0.1, 0.15) is 37.2 Å². The number of nitro benzene ring substituents is 1. The van der Waals surface area contributed by atoms with Gasteiger partial charge in [-0.2, -0.15) is 0 Å². The maximum absolute atomic E-state index is 12.9. The lowest BCUT2D eigenvalue weighted by Crippen LogP contribution is -2.23. The van der Waals surface area contributed by atoms with Gasteiger partial charge in [0.25, 0.3) is 5.69 Å². The van der Waals surface area contributed by atoms with Crippen molar-refractivity contribution in [1.82, 2.24) is 10.3 Å². The summed E-state index contributed by atoms with van der Waals surface area (Å²) in [5.41, 5.74) is 1.60. The van der Waals surface area contributed by atoms with Gasteiger partial charge in [-0.3, -0.25) is 15.1 Å². The molecule has 0 saturated carbocycles. The van der Waals surface area contributed by atoms with Crippen molar-refractivity contribution in [3.63, 3.8) is 0 Å². The number of non-ortho nitro benzene ring substituents is 1. The molecule has 2 unspecified atom stereocenters. The van der Waals surface area contributed by atoms with Crippen molar-refractivity contribution in [2.75, 3.05) is 0 Å². The van der Waals surface area contributed by atoms with E-state index in [2.05, 4.69) is 10.3 Å². The average Bonchev–Trinajstić information content (AvgIpc) is 2.48. The molecule has 1 heterocycles. The predicted octanol–water partition coefficient (Wildman–Crippen LogP) is 3.54. The monoisotopic (exact) mass is 289 g/mol. The lowest BCUT2D eigenvalue weighted by molar-refractivity contribution is -0.384. The molecule has 0 amide bonds. The van der Waals surface area contributed by atoms with Crippen LogP contribution in [0.3, 0.4) is 0 Å². The Hall–Kier alpha value is -2.34. The zero-order valence-electron chi connectivity index (χ0n) is 11.8. The van der Waals surface area contributed by atoms with Crippen LogP contribution in [-0.2, 0) is 0 Å². The lowest BCUT2D eigenvalue weighted by atomic mass is 10.1. The summed E-state index contributed by atoms with van der Waals surface area (Å²) in [6.07, 6.45) is 1.17. The highest BCUT2D eigenvalue weighted by Gasteiger charge is 2.14. The van der Waals surface area contributed by atoms with E-state index in [1.807, 2.05) is 19.9 Å². The largest absolute Gasteiger partial charge is 0.302 e. The standard InChI is InChI=1S/C15H16FN3O2/c1-10(12-4-3-5-14(8-12)19(20)21)18-11(2)15-7-6-13(16)9-17-15/h3-11,18H,1-2H3. The molecule has 2 aromatic rings. The Balaban J connectivity index is 2.10. The molecule has 0 spiro atoms. The quantitative estimate of drug-likeness (QED) is 0.675. The molecule has 5 nitrogen and oxygen atoms in total. The van der Waals surface area contributed by atoms with Crippen LogP contribution in [0.25, 0.3) is 0 Å². The number of benzene rings is 1. The molecule has 21 heavy (non-hydrogen) atoms. The zero-order chi connectivity index (χ0) is 15.4. The van der Waals surface area contributed by atoms with Crippen LogP contribution >= 0.6 is 0 Å². The second-order valence-corrected chi connectivity index (χ2v) is 4.86. The number of hydrogen-bond donors (Lipinski definition) is 1. The highest BCUT2D eigenvalue weighted by atomic mass is 19.1. The van der Waals surface area contributed by atoms with Crippen molar-refractivity contribution in [3.05, 3.63) is 69.8 Å². The van der Waals surface area contributed by atoms with E-state index >= 15 is 0 Å². The van der Waals surface area contributed by atoms with Gasteiger partial charge in [-0.25, -0.2) is 4.39 Å². The third-order valence-electron chi connectivity index (χ3n) is 3.27. The van der Waals surface area contributed by atoms with Crippen molar-refractivity contribution in [2.24, 2.45) is 0 Å². The first-order valence-corrected chi connectivity index (χ1v) is 6.59. The molecule has 0 aliphatic heterocycles. The van der Waals surface area contributed by atoms with E-state index in [1.165, 1.54) is 18.3 Å². The first-order chi connectivity index (χ1) is 9.97.